The zero-order chi connectivity index (χ0) is 10.3. The topological polar surface area (TPSA) is 50.4 Å². The molecule has 0 aliphatic rings. The van der Waals surface area contributed by atoms with Crippen molar-refractivity contribution in [3.05, 3.63) is 34.8 Å². The van der Waals surface area contributed by atoms with Crippen LogP contribution >= 0.6 is 11.6 Å². The molecular weight excluding hydrogens is 211 g/mol. The van der Waals surface area contributed by atoms with E-state index in [1.54, 1.807) is 0 Å². The van der Waals surface area contributed by atoms with Crippen molar-refractivity contribution in [2.45, 2.75) is 0 Å². The van der Waals surface area contributed by atoms with Crippen LogP contribution in [0.2, 0.25) is 5.02 Å². The summed E-state index contributed by atoms with van der Waals surface area (Å²) in [5, 5.41) is 9.29. The van der Waals surface area contributed by atoms with Crippen LogP contribution in [0.1, 0.15) is 10.4 Å². The summed E-state index contributed by atoms with van der Waals surface area (Å²) in [5.74, 6) is -1.18. The average molecular weight is 215 g/mol. The fraction of sp³-hybridized carbons (Fsp3) is 0. The monoisotopic (exact) mass is 214 g/mol. The second-order valence-corrected chi connectivity index (χ2v) is 3.10. The Morgan fingerprint density at radius 2 is 2.21 bits per heavy atom. The number of hydrogen-bond donors (Lipinski definition) is 1. The molecule has 0 unspecified atom stereocenters. The fourth-order valence-corrected chi connectivity index (χ4v) is 1.43. The van der Waals surface area contributed by atoms with Gasteiger partial charge in [0.25, 0.3) is 6.01 Å². The molecule has 72 valence electrons. The van der Waals surface area contributed by atoms with Crippen LogP contribution in [0.15, 0.2) is 22.6 Å². The van der Waals surface area contributed by atoms with Crippen molar-refractivity contribution in [1.82, 2.24) is 0 Å². The van der Waals surface area contributed by atoms with Crippen molar-refractivity contribution in [3.8, 4) is 0 Å². The number of furan rings is 1. The molecule has 0 fully saturated rings. The number of carbonyl (C=O) groups is 1. The Bertz CT molecular complexity index is 518. The van der Waals surface area contributed by atoms with Crippen LogP contribution in [-0.4, -0.2) is 11.1 Å². The minimum atomic E-state index is -1.18. The quantitative estimate of drug-likeness (QED) is 0.794. The van der Waals surface area contributed by atoms with Gasteiger partial charge >= 0.3 is 5.97 Å². The molecule has 2 rings (SSSR count). The highest BCUT2D eigenvalue weighted by Crippen LogP contribution is 2.29. The molecule has 0 saturated heterocycles. The van der Waals surface area contributed by atoms with Crippen LogP contribution in [0.5, 0.6) is 0 Å². The van der Waals surface area contributed by atoms with Gasteiger partial charge in [-0.2, -0.15) is 4.39 Å². The van der Waals surface area contributed by atoms with Crippen molar-refractivity contribution in [2.75, 3.05) is 0 Å². The van der Waals surface area contributed by atoms with E-state index in [0.717, 1.165) is 6.07 Å². The molecule has 1 aromatic heterocycles. The summed E-state index contributed by atoms with van der Waals surface area (Å²) in [7, 11) is 0. The third-order valence-corrected chi connectivity index (χ3v) is 2.16. The number of aromatic carboxylic acids is 1. The number of halogens is 2. The van der Waals surface area contributed by atoms with Gasteiger partial charge in [-0.25, -0.2) is 4.79 Å². The Balaban J connectivity index is 2.87. The van der Waals surface area contributed by atoms with E-state index in [1.165, 1.54) is 12.1 Å². The molecule has 1 N–H and O–H groups in total. The molecule has 0 aliphatic carbocycles. The van der Waals surface area contributed by atoms with Gasteiger partial charge in [-0.3, -0.25) is 0 Å². The molecule has 0 amide bonds. The molecule has 0 aliphatic heterocycles. The molecule has 2 aromatic rings. The zero-order valence-corrected chi connectivity index (χ0v) is 7.51. The van der Waals surface area contributed by atoms with Crippen LogP contribution in [0.4, 0.5) is 4.39 Å². The summed E-state index contributed by atoms with van der Waals surface area (Å²) in [6.07, 6.45) is 0. The lowest BCUT2D eigenvalue weighted by Crippen LogP contribution is -1.95. The second-order valence-electron chi connectivity index (χ2n) is 2.69. The van der Waals surface area contributed by atoms with E-state index in [1.807, 2.05) is 0 Å². The normalized spacial score (nSPS) is 10.7. The highest BCUT2D eigenvalue weighted by atomic mass is 35.5. The number of hydrogen-bond acceptors (Lipinski definition) is 2. The molecule has 0 bridgehead atoms. The van der Waals surface area contributed by atoms with Crippen molar-refractivity contribution in [3.63, 3.8) is 0 Å². The number of carboxylic acids is 1. The van der Waals surface area contributed by atoms with Crippen LogP contribution in [0.3, 0.4) is 0 Å². The highest BCUT2D eigenvalue weighted by Gasteiger charge is 2.15. The van der Waals surface area contributed by atoms with Crippen LogP contribution in [0.25, 0.3) is 11.0 Å². The van der Waals surface area contributed by atoms with Crippen molar-refractivity contribution in [2.24, 2.45) is 0 Å². The van der Waals surface area contributed by atoms with E-state index in [2.05, 4.69) is 4.42 Å². The van der Waals surface area contributed by atoms with Crippen molar-refractivity contribution in [1.29, 1.82) is 0 Å². The first kappa shape index (κ1) is 9.02. The lowest BCUT2D eigenvalue weighted by atomic mass is 10.1. The highest BCUT2D eigenvalue weighted by molar-refractivity contribution is 6.35. The third kappa shape index (κ3) is 1.24. The largest absolute Gasteiger partial charge is 0.478 e. The maximum absolute atomic E-state index is 12.7. The van der Waals surface area contributed by atoms with Gasteiger partial charge in [0.1, 0.15) is 5.56 Å². The van der Waals surface area contributed by atoms with Gasteiger partial charge in [-0.1, -0.05) is 11.6 Å². The van der Waals surface area contributed by atoms with Gasteiger partial charge in [-0.15, -0.1) is 0 Å². The lowest BCUT2D eigenvalue weighted by molar-refractivity contribution is 0.0697. The van der Waals surface area contributed by atoms with Gasteiger partial charge in [0.15, 0.2) is 5.58 Å². The first-order chi connectivity index (χ1) is 6.59. The molecule has 3 nitrogen and oxygen atoms in total. The molecule has 0 atom stereocenters. The summed E-state index contributed by atoms with van der Waals surface area (Å²) >= 11 is 5.73. The summed E-state index contributed by atoms with van der Waals surface area (Å²) in [6, 6.07) is 2.87. The van der Waals surface area contributed by atoms with Gasteiger partial charge in [0.05, 0.1) is 5.02 Å². The number of fused-ring (bicyclic) bond motifs is 1. The number of rotatable bonds is 1. The predicted octanol–water partition coefficient (Wildman–Crippen LogP) is 2.92. The first-order valence-corrected chi connectivity index (χ1v) is 4.08. The van der Waals surface area contributed by atoms with Crippen LogP contribution in [0, 0.1) is 6.01 Å². The van der Waals surface area contributed by atoms with Crippen molar-refractivity contribution < 1.29 is 18.7 Å². The van der Waals surface area contributed by atoms with Gasteiger partial charge in [-0.05, 0) is 12.1 Å². The predicted molar refractivity (Wildman–Crippen MR) is 48.1 cm³/mol. The second kappa shape index (κ2) is 2.99. The summed E-state index contributed by atoms with van der Waals surface area (Å²) < 4.78 is 17.3. The Morgan fingerprint density at radius 1 is 1.50 bits per heavy atom. The Kier molecular flexibility index (Phi) is 1.93. The Labute approximate surface area is 82.7 Å². The van der Waals surface area contributed by atoms with E-state index in [4.69, 9.17) is 16.7 Å². The summed E-state index contributed by atoms with van der Waals surface area (Å²) in [4.78, 5) is 10.7. The summed E-state index contributed by atoms with van der Waals surface area (Å²) in [6.45, 7) is 0. The standard InChI is InChI=1S/C9H4ClFO3/c10-6-2-1-4(9(12)13)8-5(6)3-7(11)14-8/h1-3H,(H,12,13). The minimum absolute atomic E-state index is 0.0394. The molecular formula is C9H4ClFO3. The van der Waals surface area contributed by atoms with Crippen LogP contribution < -0.4 is 0 Å². The van der Waals surface area contributed by atoms with E-state index in [0.29, 0.717) is 0 Å². The summed E-state index contributed by atoms with van der Waals surface area (Å²) in [5.41, 5.74) is -0.143. The number of benzene rings is 1. The molecule has 14 heavy (non-hydrogen) atoms. The zero-order valence-electron chi connectivity index (χ0n) is 6.75. The lowest BCUT2D eigenvalue weighted by Gasteiger charge is -1.96. The fourth-order valence-electron chi connectivity index (χ4n) is 1.23. The molecule has 1 aromatic carbocycles. The van der Waals surface area contributed by atoms with Gasteiger partial charge < -0.3 is 9.52 Å². The molecule has 5 heteroatoms. The van der Waals surface area contributed by atoms with Crippen molar-refractivity contribution >= 4 is 28.5 Å². The van der Waals surface area contributed by atoms with E-state index >= 15 is 0 Å². The SMILES string of the molecule is O=C(O)c1ccc(Cl)c2cc(F)oc12. The van der Waals surface area contributed by atoms with E-state index in [-0.39, 0.29) is 21.6 Å². The van der Waals surface area contributed by atoms with E-state index in [9.17, 15) is 9.18 Å². The van der Waals surface area contributed by atoms with Crippen LogP contribution in [-0.2, 0) is 0 Å². The molecule has 0 spiro atoms. The minimum Gasteiger partial charge on any atom is -0.478 e. The third-order valence-electron chi connectivity index (χ3n) is 1.83. The van der Waals surface area contributed by atoms with Gasteiger partial charge in [0.2, 0.25) is 0 Å². The van der Waals surface area contributed by atoms with Gasteiger partial charge in [0, 0.05) is 11.5 Å². The maximum atomic E-state index is 12.7. The molecule has 1 heterocycles. The number of carboxylic acid groups (broad SMARTS) is 1. The molecule has 0 radical (unpaired) electrons. The maximum Gasteiger partial charge on any atom is 0.339 e. The smallest absolute Gasteiger partial charge is 0.339 e. The average Bonchev–Trinajstić information content (AvgIpc) is 2.47. The Hall–Kier alpha value is -1.55. The first-order valence-electron chi connectivity index (χ1n) is 3.70. The molecule has 0 saturated carbocycles. The Morgan fingerprint density at radius 3 is 2.86 bits per heavy atom. The van der Waals surface area contributed by atoms with E-state index < -0.39 is 12.0 Å².